The molecule has 0 spiro atoms. The minimum absolute atomic E-state index is 0.0581. The molecule has 0 aliphatic carbocycles. The molecule has 1 saturated heterocycles. The Hall–Kier alpha value is -1.79. The van der Waals surface area contributed by atoms with Gasteiger partial charge in [-0.05, 0) is 37.0 Å². The molecule has 1 aliphatic heterocycles. The minimum atomic E-state index is -0.0759. The van der Waals surface area contributed by atoms with Crippen molar-refractivity contribution in [3.05, 3.63) is 47.7 Å². The summed E-state index contributed by atoms with van der Waals surface area (Å²) in [7, 11) is 0. The normalized spacial score (nSPS) is 15.7. The van der Waals surface area contributed by atoms with E-state index in [1.807, 2.05) is 34.9 Å². The second kappa shape index (κ2) is 8.27. The lowest BCUT2D eigenvalue weighted by Crippen LogP contribution is -2.44. The fourth-order valence-electron chi connectivity index (χ4n) is 3.24. The molecule has 7 heteroatoms. The van der Waals surface area contributed by atoms with Gasteiger partial charge < -0.3 is 10.2 Å². The molecule has 5 nitrogen and oxygen atoms in total. The standard InChI is InChI=1S/C19H23ClN4OS/c1-19(2,26-17-6-4-3-5-16(17)20)14-8-11-24(12-9-14)18(25)23-15-7-10-21-22-13-15/h3-7,10,13-14H,8-9,11-12H2,1-2H3,(H,21,23,25). The quantitative estimate of drug-likeness (QED) is 0.751. The molecule has 3 rings (SSSR count). The van der Waals surface area contributed by atoms with E-state index in [1.165, 1.54) is 0 Å². The van der Waals surface area contributed by atoms with Crippen molar-refractivity contribution >= 4 is 35.1 Å². The number of hydrogen-bond donors (Lipinski definition) is 1. The minimum Gasteiger partial charge on any atom is -0.325 e. The first-order valence-corrected chi connectivity index (χ1v) is 9.91. The van der Waals surface area contributed by atoms with Gasteiger partial charge in [-0.3, -0.25) is 0 Å². The van der Waals surface area contributed by atoms with Crippen LogP contribution in [-0.4, -0.2) is 39.0 Å². The molecule has 138 valence electrons. The summed E-state index contributed by atoms with van der Waals surface area (Å²) in [4.78, 5) is 15.4. The summed E-state index contributed by atoms with van der Waals surface area (Å²) >= 11 is 8.14. The van der Waals surface area contributed by atoms with Crippen molar-refractivity contribution < 1.29 is 4.79 Å². The first-order chi connectivity index (χ1) is 12.5. The van der Waals surface area contributed by atoms with Gasteiger partial charge in [0.15, 0.2) is 0 Å². The van der Waals surface area contributed by atoms with Crippen LogP contribution in [0, 0.1) is 5.92 Å². The maximum atomic E-state index is 12.4. The van der Waals surface area contributed by atoms with E-state index in [2.05, 4.69) is 35.4 Å². The Morgan fingerprint density at radius 1 is 1.23 bits per heavy atom. The number of thioether (sulfide) groups is 1. The van der Waals surface area contributed by atoms with Crippen molar-refractivity contribution in [1.29, 1.82) is 0 Å². The van der Waals surface area contributed by atoms with Gasteiger partial charge in [0.2, 0.25) is 0 Å². The Bertz CT molecular complexity index is 748. The number of urea groups is 1. The van der Waals surface area contributed by atoms with Gasteiger partial charge in [0.1, 0.15) is 0 Å². The Morgan fingerprint density at radius 2 is 1.96 bits per heavy atom. The van der Waals surface area contributed by atoms with E-state index < -0.39 is 0 Å². The molecule has 0 radical (unpaired) electrons. The van der Waals surface area contributed by atoms with E-state index >= 15 is 0 Å². The summed E-state index contributed by atoms with van der Waals surface area (Å²) in [6.07, 6.45) is 5.07. The highest BCUT2D eigenvalue weighted by molar-refractivity contribution is 8.00. The molecular formula is C19H23ClN4OS. The fraction of sp³-hybridized carbons (Fsp3) is 0.421. The number of halogens is 1. The van der Waals surface area contributed by atoms with E-state index in [1.54, 1.807) is 18.5 Å². The van der Waals surface area contributed by atoms with Crippen LogP contribution in [0.1, 0.15) is 26.7 Å². The van der Waals surface area contributed by atoms with Gasteiger partial charge >= 0.3 is 6.03 Å². The average molecular weight is 391 g/mol. The van der Waals surface area contributed by atoms with Crippen molar-refractivity contribution in [2.24, 2.45) is 5.92 Å². The third kappa shape index (κ3) is 4.68. The van der Waals surface area contributed by atoms with E-state index in [0.29, 0.717) is 11.6 Å². The van der Waals surface area contributed by atoms with Gasteiger partial charge in [-0.25, -0.2) is 4.79 Å². The largest absolute Gasteiger partial charge is 0.325 e. The molecule has 0 atom stereocenters. The van der Waals surface area contributed by atoms with Crippen LogP contribution < -0.4 is 5.32 Å². The third-order valence-corrected chi connectivity index (χ3v) is 6.69. The number of nitrogens with zero attached hydrogens (tertiary/aromatic N) is 3. The molecule has 26 heavy (non-hydrogen) atoms. The highest BCUT2D eigenvalue weighted by Crippen LogP contribution is 2.44. The summed E-state index contributed by atoms with van der Waals surface area (Å²) < 4.78 is 0.0581. The zero-order valence-electron chi connectivity index (χ0n) is 15.0. The van der Waals surface area contributed by atoms with Crippen LogP contribution in [0.3, 0.4) is 0 Å². The number of likely N-dealkylation sites (tertiary alicyclic amines) is 1. The number of benzene rings is 1. The van der Waals surface area contributed by atoms with Crippen molar-refractivity contribution in [2.45, 2.75) is 36.3 Å². The van der Waals surface area contributed by atoms with E-state index in [4.69, 9.17) is 11.6 Å². The van der Waals surface area contributed by atoms with Crippen molar-refractivity contribution in [3.8, 4) is 0 Å². The summed E-state index contributed by atoms with van der Waals surface area (Å²) in [5.74, 6) is 0.524. The Balaban J connectivity index is 1.55. The number of rotatable bonds is 4. The summed E-state index contributed by atoms with van der Waals surface area (Å²) in [6.45, 7) is 6.04. The molecule has 2 aromatic rings. The Kier molecular flexibility index (Phi) is 6.04. The van der Waals surface area contributed by atoms with Gasteiger partial charge in [-0.2, -0.15) is 10.2 Å². The highest BCUT2D eigenvalue weighted by atomic mass is 35.5. The zero-order chi connectivity index (χ0) is 18.6. The lowest BCUT2D eigenvalue weighted by molar-refractivity contribution is 0.173. The second-order valence-electron chi connectivity index (χ2n) is 6.96. The molecule has 1 aliphatic rings. The molecule has 0 bridgehead atoms. The fourth-order valence-corrected chi connectivity index (χ4v) is 4.77. The number of anilines is 1. The van der Waals surface area contributed by atoms with Crippen LogP contribution in [0.4, 0.5) is 10.5 Å². The lowest BCUT2D eigenvalue weighted by atomic mass is 9.86. The first-order valence-electron chi connectivity index (χ1n) is 8.72. The van der Waals surface area contributed by atoms with Gasteiger partial charge in [-0.15, -0.1) is 11.8 Å². The van der Waals surface area contributed by atoms with Crippen LogP contribution in [0.15, 0.2) is 47.6 Å². The van der Waals surface area contributed by atoms with Crippen LogP contribution in [0.5, 0.6) is 0 Å². The molecule has 0 saturated carbocycles. The average Bonchev–Trinajstić information content (AvgIpc) is 2.64. The number of carbonyl (C=O) groups is 1. The number of hydrogen-bond acceptors (Lipinski definition) is 4. The maximum Gasteiger partial charge on any atom is 0.321 e. The van der Waals surface area contributed by atoms with Crippen LogP contribution in [0.2, 0.25) is 5.02 Å². The van der Waals surface area contributed by atoms with Gasteiger partial charge in [0, 0.05) is 22.7 Å². The molecular weight excluding hydrogens is 368 g/mol. The van der Waals surface area contributed by atoms with Crippen LogP contribution >= 0.6 is 23.4 Å². The number of piperidine rings is 1. The van der Waals surface area contributed by atoms with Crippen molar-refractivity contribution in [3.63, 3.8) is 0 Å². The molecule has 2 heterocycles. The lowest BCUT2D eigenvalue weighted by Gasteiger charge is -2.40. The molecule has 2 amide bonds. The molecule has 1 N–H and O–H groups in total. The predicted molar refractivity (Wildman–Crippen MR) is 107 cm³/mol. The van der Waals surface area contributed by atoms with Crippen molar-refractivity contribution in [1.82, 2.24) is 15.1 Å². The van der Waals surface area contributed by atoms with Gasteiger partial charge in [-0.1, -0.05) is 37.6 Å². The monoisotopic (exact) mass is 390 g/mol. The molecule has 0 unspecified atom stereocenters. The predicted octanol–water partition coefficient (Wildman–Crippen LogP) is 4.94. The van der Waals surface area contributed by atoms with Crippen LogP contribution in [-0.2, 0) is 0 Å². The number of aromatic nitrogens is 2. The Morgan fingerprint density at radius 3 is 2.62 bits per heavy atom. The molecule has 1 aromatic carbocycles. The SMILES string of the molecule is CC(C)(Sc1ccccc1Cl)C1CCN(C(=O)Nc2ccnnc2)CC1. The van der Waals surface area contributed by atoms with E-state index in [9.17, 15) is 4.79 Å². The van der Waals surface area contributed by atoms with Crippen molar-refractivity contribution in [2.75, 3.05) is 18.4 Å². The van der Waals surface area contributed by atoms with E-state index in [-0.39, 0.29) is 10.8 Å². The third-order valence-electron chi connectivity index (χ3n) is 4.81. The van der Waals surface area contributed by atoms with Gasteiger partial charge in [0.25, 0.3) is 0 Å². The second-order valence-corrected chi connectivity index (χ2v) is 9.06. The van der Waals surface area contributed by atoms with Gasteiger partial charge in [0.05, 0.1) is 23.1 Å². The molecule has 1 fully saturated rings. The molecule has 1 aromatic heterocycles. The number of nitrogens with one attached hydrogen (secondary N) is 1. The number of amides is 2. The topological polar surface area (TPSA) is 58.1 Å². The van der Waals surface area contributed by atoms with E-state index in [0.717, 1.165) is 35.8 Å². The summed E-state index contributed by atoms with van der Waals surface area (Å²) in [6, 6.07) is 9.63. The Labute approximate surface area is 163 Å². The smallest absolute Gasteiger partial charge is 0.321 e. The summed E-state index contributed by atoms with van der Waals surface area (Å²) in [5, 5.41) is 11.2. The highest BCUT2D eigenvalue weighted by Gasteiger charge is 2.35. The first kappa shape index (κ1) is 19.0. The summed E-state index contributed by atoms with van der Waals surface area (Å²) in [5.41, 5.74) is 0.668. The zero-order valence-corrected chi connectivity index (χ0v) is 16.6. The number of carbonyl (C=O) groups excluding carboxylic acids is 1. The van der Waals surface area contributed by atoms with Crippen LogP contribution in [0.25, 0.3) is 0 Å². The maximum absolute atomic E-state index is 12.4.